The van der Waals surface area contributed by atoms with Crippen molar-refractivity contribution in [2.24, 2.45) is 7.05 Å². The number of nitrogens with one attached hydrogen (secondary N) is 2. The van der Waals surface area contributed by atoms with Crippen LogP contribution >= 0.6 is 0 Å². The molecule has 1 aliphatic carbocycles. The molecule has 0 saturated carbocycles. The number of carboxylic acids is 1. The quantitative estimate of drug-likeness (QED) is 0.473. The number of aromatic carboxylic acids is 1. The van der Waals surface area contributed by atoms with E-state index in [2.05, 4.69) is 27.9 Å². The molecule has 0 bridgehead atoms. The van der Waals surface area contributed by atoms with E-state index in [0.29, 0.717) is 5.56 Å². The Bertz CT molecular complexity index is 1190. The van der Waals surface area contributed by atoms with Crippen molar-refractivity contribution in [3.8, 4) is 11.1 Å². The molecule has 0 unspecified atom stereocenters. The molecule has 3 N–H and O–H groups in total. The summed E-state index contributed by atoms with van der Waals surface area (Å²) in [4.78, 5) is 35.9. The third kappa shape index (κ3) is 4.78. The molecule has 4 rings (SSSR count). The number of aromatic nitrogens is 2. The standard InChI is InChI=1S/C25H26N4O5/c1-15(11-22(30)26-12-16-13-27-29(2)23(16)24(31)32)28-25(33)34-14-21-19-9-5-3-7-17(19)18-8-4-6-10-20(18)21/h3-10,13,15,21H,11-12,14H2,1-2H3,(H,26,30)(H,28,33)(H,31,32)/t15-/m0/s1. The van der Waals surface area contributed by atoms with Crippen molar-refractivity contribution >= 4 is 18.0 Å². The van der Waals surface area contributed by atoms with Crippen molar-refractivity contribution < 1.29 is 24.2 Å². The van der Waals surface area contributed by atoms with Crippen LogP contribution in [0.1, 0.15) is 46.4 Å². The Morgan fingerprint density at radius 2 is 1.71 bits per heavy atom. The van der Waals surface area contributed by atoms with Crippen LogP contribution < -0.4 is 10.6 Å². The maximum absolute atomic E-state index is 12.4. The predicted molar refractivity (Wildman–Crippen MR) is 124 cm³/mol. The smallest absolute Gasteiger partial charge is 0.407 e. The molecule has 34 heavy (non-hydrogen) atoms. The van der Waals surface area contributed by atoms with Crippen LogP contribution in [0.3, 0.4) is 0 Å². The first kappa shape index (κ1) is 23.0. The Labute approximate surface area is 196 Å². The zero-order chi connectivity index (χ0) is 24.2. The third-order valence-electron chi connectivity index (χ3n) is 5.89. The lowest BCUT2D eigenvalue weighted by Gasteiger charge is -2.17. The first-order chi connectivity index (χ1) is 16.3. The summed E-state index contributed by atoms with van der Waals surface area (Å²) >= 11 is 0. The lowest BCUT2D eigenvalue weighted by Crippen LogP contribution is -2.38. The van der Waals surface area contributed by atoms with E-state index in [4.69, 9.17) is 4.74 Å². The molecule has 1 heterocycles. The minimum absolute atomic E-state index is 0.0186. The monoisotopic (exact) mass is 462 g/mol. The summed E-state index contributed by atoms with van der Waals surface area (Å²) in [5.41, 5.74) is 4.97. The van der Waals surface area contributed by atoms with E-state index in [1.165, 1.54) is 17.9 Å². The summed E-state index contributed by atoms with van der Waals surface area (Å²) in [6.07, 6.45) is 0.831. The molecule has 0 saturated heterocycles. The van der Waals surface area contributed by atoms with Crippen LogP contribution in [0.5, 0.6) is 0 Å². The van der Waals surface area contributed by atoms with Crippen LogP contribution in [-0.4, -0.2) is 45.5 Å². The molecule has 1 aliphatic rings. The van der Waals surface area contributed by atoms with E-state index in [1.807, 2.05) is 36.4 Å². The van der Waals surface area contributed by atoms with Gasteiger partial charge in [-0.15, -0.1) is 0 Å². The van der Waals surface area contributed by atoms with Gasteiger partial charge in [-0.2, -0.15) is 5.10 Å². The lowest BCUT2D eigenvalue weighted by atomic mass is 9.98. The van der Waals surface area contributed by atoms with Gasteiger partial charge >= 0.3 is 12.1 Å². The number of carboxylic acid groups (broad SMARTS) is 1. The van der Waals surface area contributed by atoms with Gasteiger partial charge in [-0.1, -0.05) is 48.5 Å². The molecule has 9 heteroatoms. The summed E-state index contributed by atoms with van der Waals surface area (Å²) in [6, 6.07) is 15.7. The Kier molecular flexibility index (Phi) is 6.62. The second kappa shape index (κ2) is 9.78. The molecule has 0 spiro atoms. The third-order valence-corrected chi connectivity index (χ3v) is 5.89. The minimum atomic E-state index is -1.12. The Morgan fingerprint density at radius 1 is 1.09 bits per heavy atom. The highest BCUT2D eigenvalue weighted by Crippen LogP contribution is 2.44. The molecule has 3 aromatic rings. The number of hydrogen-bond acceptors (Lipinski definition) is 5. The van der Waals surface area contributed by atoms with Gasteiger partial charge in [-0.25, -0.2) is 9.59 Å². The molecular formula is C25H26N4O5. The molecule has 0 fully saturated rings. The van der Waals surface area contributed by atoms with E-state index >= 15 is 0 Å². The van der Waals surface area contributed by atoms with Crippen LogP contribution in [-0.2, 0) is 23.1 Å². The van der Waals surface area contributed by atoms with Crippen molar-refractivity contribution in [3.05, 3.63) is 77.1 Å². The first-order valence-corrected chi connectivity index (χ1v) is 11.0. The van der Waals surface area contributed by atoms with Gasteiger partial charge in [0.05, 0.1) is 6.20 Å². The van der Waals surface area contributed by atoms with E-state index in [9.17, 15) is 19.5 Å². The van der Waals surface area contributed by atoms with Crippen molar-refractivity contribution in [1.82, 2.24) is 20.4 Å². The maximum Gasteiger partial charge on any atom is 0.407 e. The number of amides is 2. The zero-order valence-corrected chi connectivity index (χ0v) is 18.9. The number of alkyl carbamates (subject to hydrolysis) is 1. The molecule has 1 aromatic heterocycles. The molecule has 0 radical (unpaired) electrons. The molecule has 2 amide bonds. The zero-order valence-electron chi connectivity index (χ0n) is 18.9. The second-order valence-corrected chi connectivity index (χ2v) is 8.30. The average Bonchev–Trinajstić information content (AvgIpc) is 3.34. The Balaban J connectivity index is 1.27. The number of hydrogen-bond donors (Lipinski definition) is 3. The molecule has 9 nitrogen and oxygen atoms in total. The Morgan fingerprint density at radius 3 is 2.32 bits per heavy atom. The molecule has 176 valence electrons. The first-order valence-electron chi connectivity index (χ1n) is 11.0. The van der Waals surface area contributed by atoms with Crippen LogP contribution in [0.15, 0.2) is 54.7 Å². The number of fused-ring (bicyclic) bond motifs is 3. The molecule has 2 aromatic carbocycles. The van der Waals surface area contributed by atoms with Crippen molar-refractivity contribution in [2.75, 3.05) is 6.61 Å². The Hall–Kier alpha value is -4.14. The summed E-state index contributed by atoms with van der Waals surface area (Å²) in [5, 5.41) is 18.5. The van der Waals surface area contributed by atoms with Gasteiger partial charge in [0, 0.05) is 37.5 Å². The fourth-order valence-electron chi connectivity index (χ4n) is 4.32. The largest absolute Gasteiger partial charge is 0.477 e. The van der Waals surface area contributed by atoms with Crippen molar-refractivity contribution in [3.63, 3.8) is 0 Å². The van der Waals surface area contributed by atoms with E-state index in [-0.39, 0.29) is 37.1 Å². The van der Waals surface area contributed by atoms with Crippen LogP contribution in [0.25, 0.3) is 11.1 Å². The highest BCUT2D eigenvalue weighted by atomic mass is 16.5. The number of nitrogens with zero attached hydrogens (tertiary/aromatic N) is 2. The van der Waals surface area contributed by atoms with Crippen molar-refractivity contribution in [1.29, 1.82) is 0 Å². The number of carbonyl (C=O) groups excluding carboxylic acids is 2. The number of rotatable bonds is 8. The van der Waals surface area contributed by atoms with E-state index in [0.717, 1.165) is 22.3 Å². The van der Waals surface area contributed by atoms with Gasteiger partial charge in [-0.05, 0) is 29.2 Å². The topological polar surface area (TPSA) is 123 Å². The minimum Gasteiger partial charge on any atom is -0.477 e. The van der Waals surface area contributed by atoms with Gasteiger partial charge in [0.15, 0.2) is 5.69 Å². The van der Waals surface area contributed by atoms with Gasteiger partial charge in [0.1, 0.15) is 6.61 Å². The van der Waals surface area contributed by atoms with Gasteiger partial charge in [0.25, 0.3) is 0 Å². The average molecular weight is 463 g/mol. The van der Waals surface area contributed by atoms with Gasteiger partial charge < -0.3 is 20.5 Å². The molecule has 0 aliphatic heterocycles. The maximum atomic E-state index is 12.4. The predicted octanol–water partition coefficient (Wildman–Crippen LogP) is 3.05. The summed E-state index contributed by atoms with van der Waals surface area (Å²) in [5.74, 6) is -1.49. The SMILES string of the molecule is C[C@@H](CC(=O)NCc1cnn(C)c1C(=O)O)NC(=O)OCC1c2ccccc2-c2ccccc21. The van der Waals surface area contributed by atoms with Gasteiger partial charge in [-0.3, -0.25) is 9.48 Å². The van der Waals surface area contributed by atoms with Crippen LogP contribution in [0.4, 0.5) is 4.79 Å². The molecule has 1 atom stereocenters. The summed E-state index contributed by atoms with van der Waals surface area (Å²) in [6.45, 7) is 1.93. The van der Waals surface area contributed by atoms with E-state index in [1.54, 1.807) is 6.92 Å². The summed E-state index contributed by atoms with van der Waals surface area (Å²) < 4.78 is 6.75. The normalized spacial score (nSPS) is 13.0. The lowest BCUT2D eigenvalue weighted by molar-refractivity contribution is -0.121. The number of aryl methyl sites for hydroxylation is 1. The van der Waals surface area contributed by atoms with Gasteiger partial charge in [0.2, 0.25) is 5.91 Å². The highest BCUT2D eigenvalue weighted by Gasteiger charge is 2.29. The van der Waals surface area contributed by atoms with Crippen molar-refractivity contribution in [2.45, 2.75) is 31.8 Å². The number of carbonyl (C=O) groups is 3. The second-order valence-electron chi connectivity index (χ2n) is 8.30. The van der Waals surface area contributed by atoms with E-state index < -0.39 is 18.1 Å². The fourth-order valence-corrected chi connectivity index (χ4v) is 4.32. The highest BCUT2D eigenvalue weighted by molar-refractivity contribution is 5.87. The number of ether oxygens (including phenoxy) is 1. The van der Waals surface area contributed by atoms with Crippen LogP contribution in [0, 0.1) is 0 Å². The molecular weight excluding hydrogens is 436 g/mol. The fraction of sp³-hybridized carbons (Fsp3) is 0.280. The number of benzene rings is 2. The van der Waals surface area contributed by atoms with Crippen LogP contribution in [0.2, 0.25) is 0 Å². The summed E-state index contributed by atoms with van der Waals surface area (Å²) in [7, 11) is 1.52.